The van der Waals surface area contributed by atoms with Crippen molar-refractivity contribution in [3.8, 4) is 0 Å². The summed E-state index contributed by atoms with van der Waals surface area (Å²) >= 11 is 0. The van der Waals surface area contributed by atoms with Crippen LogP contribution in [-0.2, 0) is 19.5 Å². The largest absolute Gasteiger partial charge is 0.343 e. The van der Waals surface area contributed by atoms with Crippen molar-refractivity contribution in [1.29, 1.82) is 0 Å². The average molecular weight is 442 g/mol. The van der Waals surface area contributed by atoms with Crippen LogP contribution in [0, 0.1) is 20.2 Å². The number of pyridine rings is 2. The van der Waals surface area contributed by atoms with Gasteiger partial charge in [0.05, 0.1) is 9.85 Å². The number of rotatable bonds is 8. The molecule has 0 saturated carbocycles. The predicted octanol–water partition coefficient (Wildman–Crippen LogP) is 3.77. The van der Waals surface area contributed by atoms with Gasteiger partial charge in [0.2, 0.25) is 0 Å². The summed E-state index contributed by atoms with van der Waals surface area (Å²) in [6, 6.07) is 21.4. The summed E-state index contributed by atoms with van der Waals surface area (Å²) in [5.74, 6) is 0. The van der Waals surface area contributed by atoms with E-state index < -0.39 is 9.85 Å². The fraction of sp³-hybridized carbons (Fsp3) is 0.120. The van der Waals surface area contributed by atoms with Gasteiger partial charge in [-0.05, 0) is 35.1 Å². The molecule has 33 heavy (non-hydrogen) atoms. The molecule has 0 aliphatic rings. The van der Waals surface area contributed by atoms with Crippen molar-refractivity contribution in [2.45, 2.75) is 19.5 Å². The summed E-state index contributed by atoms with van der Waals surface area (Å²) in [7, 11) is 0. The van der Waals surface area contributed by atoms with E-state index in [0.29, 0.717) is 19.5 Å². The van der Waals surface area contributed by atoms with Crippen molar-refractivity contribution >= 4 is 11.4 Å². The topological polar surface area (TPSA) is 94.0 Å². The van der Waals surface area contributed by atoms with E-state index in [-0.39, 0.29) is 11.4 Å². The Morgan fingerprint density at radius 2 is 0.818 bits per heavy atom. The van der Waals surface area contributed by atoms with Crippen molar-refractivity contribution in [2.75, 3.05) is 0 Å². The molecule has 0 amide bonds. The van der Waals surface area contributed by atoms with Crippen LogP contribution in [-0.4, -0.2) is 9.85 Å². The van der Waals surface area contributed by atoms with Gasteiger partial charge in [-0.2, -0.15) is 0 Å². The van der Waals surface area contributed by atoms with Crippen LogP contribution in [0.25, 0.3) is 0 Å². The molecule has 0 aliphatic heterocycles. The lowest BCUT2D eigenvalue weighted by Crippen LogP contribution is -2.50. The van der Waals surface area contributed by atoms with Gasteiger partial charge < -0.3 is 0 Å². The van der Waals surface area contributed by atoms with Gasteiger partial charge in [0, 0.05) is 48.5 Å². The lowest BCUT2D eigenvalue weighted by Gasteiger charge is -2.02. The van der Waals surface area contributed by atoms with E-state index in [2.05, 4.69) is 9.13 Å². The normalized spacial score (nSPS) is 10.7. The number of hydrogen-bond acceptors (Lipinski definition) is 4. The molecule has 0 unspecified atom stereocenters. The van der Waals surface area contributed by atoms with Gasteiger partial charge in [0.25, 0.3) is 11.4 Å². The van der Waals surface area contributed by atoms with Gasteiger partial charge in [-0.25, -0.2) is 0 Å². The van der Waals surface area contributed by atoms with Crippen LogP contribution in [0.3, 0.4) is 0 Å². The number of aromatic nitrogens is 2. The van der Waals surface area contributed by atoms with E-state index in [9.17, 15) is 20.2 Å². The summed E-state index contributed by atoms with van der Waals surface area (Å²) in [4.78, 5) is 20.8. The second-order valence-corrected chi connectivity index (χ2v) is 7.78. The van der Waals surface area contributed by atoms with Crippen LogP contribution in [0.1, 0.15) is 22.3 Å². The van der Waals surface area contributed by atoms with E-state index in [1.165, 1.54) is 24.3 Å². The van der Waals surface area contributed by atoms with Crippen molar-refractivity contribution in [3.05, 3.63) is 140 Å². The quantitative estimate of drug-likeness (QED) is 0.236. The lowest BCUT2D eigenvalue weighted by atomic mass is 10.1. The number of nitrogens with zero attached hydrogens (tertiary/aromatic N) is 4. The van der Waals surface area contributed by atoms with Crippen LogP contribution in [0.2, 0.25) is 0 Å². The smallest absolute Gasteiger partial charge is 0.258 e. The van der Waals surface area contributed by atoms with Crippen molar-refractivity contribution in [1.82, 2.24) is 0 Å². The Kier molecular flexibility index (Phi) is 6.45. The molecule has 8 nitrogen and oxygen atoms in total. The zero-order valence-corrected chi connectivity index (χ0v) is 17.8. The molecular weight excluding hydrogens is 420 g/mol. The fourth-order valence-corrected chi connectivity index (χ4v) is 3.53. The van der Waals surface area contributed by atoms with Crippen molar-refractivity contribution in [3.63, 3.8) is 0 Å². The molecule has 0 bridgehead atoms. The van der Waals surface area contributed by atoms with Gasteiger partial charge in [0.15, 0.2) is 24.8 Å². The first kappa shape index (κ1) is 21.8. The molecule has 0 aliphatic carbocycles. The molecule has 2 aromatic carbocycles. The SMILES string of the molecule is O=[N+]([O-])c1ccc(Cc2cc[n+](C[n+]3ccc(Cc4ccc([N+](=O)[O-])cc4)cc3)cc2)cc1. The maximum Gasteiger partial charge on any atom is 0.343 e. The first-order chi connectivity index (χ1) is 16.0. The molecule has 4 aromatic rings. The van der Waals surface area contributed by atoms with Crippen LogP contribution < -0.4 is 9.13 Å². The van der Waals surface area contributed by atoms with E-state index in [1.54, 1.807) is 24.3 Å². The Hall–Kier alpha value is -4.46. The average Bonchev–Trinajstić information content (AvgIpc) is 2.82. The van der Waals surface area contributed by atoms with E-state index in [4.69, 9.17) is 0 Å². The second-order valence-electron chi connectivity index (χ2n) is 7.78. The summed E-state index contributed by atoms with van der Waals surface area (Å²) < 4.78 is 4.13. The molecule has 164 valence electrons. The Labute approximate surface area is 190 Å². The summed E-state index contributed by atoms with van der Waals surface area (Å²) in [5.41, 5.74) is 4.50. The molecule has 0 radical (unpaired) electrons. The summed E-state index contributed by atoms with van der Waals surface area (Å²) in [5, 5.41) is 21.5. The number of benzene rings is 2. The maximum absolute atomic E-state index is 10.8. The molecule has 0 fully saturated rings. The Morgan fingerprint density at radius 3 is 1.12 bits per heavy atom. The Balaban J connectivity index is 1.34. The van der Waals surface area contributed by atoms with Crippen LogP contribution >= 0.6 is 0 Å². The lowest BCUT2D eigenvalue weighted by molar-refractivity contribution is -0.913. The highest BCUT2D eigenvalue weighted by Crippen LogP contribution is 2.15. The number of nitro groups is 2. The van der Waals surface area contributed by atoms with E-state index >= 15 is 0 Å². The van der Waals surface area contributed by atoms with E-state index in [1.807, 2.05) is 49.1 Å². The summed E-state index contributed by atoms with van der Waals surface area (Å²) in [6.07, 6.45) is 9.47. The van der Waals surface area contributed by atoms with E-state index in [0.717, 1.165) is 22.3 Å². The van der Waals surface area contributed by atoms with Gasteiger partial charge in [-0.3, -0.25) is 20.2 Å². The van der Waals surface area contributed by atoms with Gasteiger partial charge in [0.1, 0.15) is 0 Å². The zero-order valence-electron chi connectivity index (χ0n) is 17.8. The molecule has 8 heteroatoms. The van der Waals surface area contributed by atoms with Crippen LogP contribution in [0.5, 0.6) is 0 Å². The van der Waals surface area contributed by atoms with Gasteiger partial charge in [-0.1, -0.05) is 24.3 Å². The van der Waals surface area contributed by atoms with Gasteiger partial charge >= 0.3 is 6.67 Å². The Morgan fingerprint density at radius 1 is 0.515 bits per heavy atom. The minimum atomic E-state index is -0.394. The number of non-ortho nitro benzene ring substituents is 2. The first-order valence-corrected chi connectivity index (χ1v) is 10.4. The molecule has 0 spiro atoms. The summed E-state index contributed by atoms with van der Waals surface area (Å²) in [6.45, 7) is 0.662. The Bertz CT molecular complexity index is 1150. The molecule has 4 rings (SSSR count). The minimum absolute atomic E-state index is 0.0976. The highest BCUT2D eigenvalue weighted by molar-refractivity contribution is 5.35. The standard InChI is InChI=1S/C25H22N4O4/c30-28(31)24-5-1-20(2-6-24)17-22-9-13-26(14-10-22)19-27-15-11-23(12-16-27)18-21-3-7-25(8-4-21)29(32)33/h1-16H,17-19H2/q+2. The monoisotopic (exact) mass is 442 g/mol. The third kappa shape index (κ3) is 5.82. The maximum atomic E-state index is 10.8. The molecule has 2 heterocycles. The predicted molar refractivity (Wildman–Crippen MR) is 120 cm³/mol. The first-order valence-electron chi connectivity index (χ1n) is 10.4. The number of nitro benzene ring substituents is 2. The minimum Gasteiger partial charge on any atom is -0.258 e. The molecular formula is C25H22N4O4+2. The highest BCUT2D eigenvalue weighted by Gasteiger charge is 2.10. The molecule has 0 atom stereocenters. The third-order valence-electron chi connectivity index (χ3n) is 5.36. The second kappa shape index (κ2) is 9.78. The zero-order chi connectivity index (χ0) is 23.2. The molecule has 0 saturated heterocycles. The van der Waals surface area contributed by atoms with Crippen molar-refractivity contribution < 1.29 is 19.0 Å². The molecule has 0 N–H and O–H groups in total. The van der Waals surface area contributed by atoms with Crippen LogP contribution in [0.15, 0.2) is 97.6 Å². The van der Waals surface area contributed by atoms with Gasteiger partial charge in [-0.15, -0.1) is 9.13 Å². The molecule has 2 aromatic heterocycles. The third-order valence-corrected chi connectivity index (χ3v) is 5.36. The van der Waals surface area contributed by atoms with Crippen molar-refractivity contribution in [2.24, 2.45) is 0 Å². The van der Waals surface area contributed by atoms with Crippen LogP contribution in [0.4, 0.5) is 11.4 Å². The highest BCUT2D eigenvalue weighted by atomic mass is 16.6. The number of hydrogen-bond donors (Lipinski definition) is 0. The fourth-order valence-electron chi connectivity index (χ4n) is 3.53.